The fourth-order valence-electron chi connectivity index (χ4n) is 2.92. The van der Waals surface area contributed by atoms with Crippen molar-refractivity contribution in [1.82, 2.24) is 4.90 Å². The van der Waals surface area contributed by atoms with Gasteiger partial charge in [-0.25, -0.2) is 0 Å². The van der Waals surface area contributed by atoms with Gasteiger partial charge in [-0.3, -0.25) is 0 Å². The molecule has 0 spiro atoms. The van der Waals surface area contributed by atoms with E-state index in [1.165, 1.54) is 4.90 Å². The van der Waals surface area contributed by atoms with Crippen molar-refractivity contribution in [3.63, 3.8) is 0 Å². The van der Waals surface area contributed by atoms with Gasteiger partial charge in [0.15, 0.2) is 0 Å². The summed E-state index contributed by atoms with van der Waals surface area (Å²) < 4.78 is 37.4. The molecule has 3 nitrogen and oxygen atoms in total. The Morgan fingerprint density at radius 3 is 3.28 bits per heavy atom. The zero-order valence-electron chi connectivity index (χ0n) is 15.7. The van der Waals surface area contributed by atoms with E-state index in [9.17, 15) is 0 Å². The molecule has 100 valence electrons. The molecule has 1 aromatic rings. The molecule has 0 heterocycles. The first-order chi connectivity index (χ1) is 10.8. The Balaban J connectivity index is 2.34. The Morgan fingerprint density at radius 2 is 2.50 bits per heavy atom. The largest absolute Gasteiger partial charge is 0.508 e. The Labute approximate surface area is 116 Å². The SMILES string of the molecule is [2H]Oc1cccc([C@]2(O[2H])CCCC[C@H]2CN(C)C([2H])([2H])[2H])c1. The van der Waals surface area contributed by atoms with E-state index in [1.54, 1.807) is 25.2 Å². The Morgan fingerprint density at radius 1 is 1.56 bits per heavy atom. The van der Waals surface area contributed by atoms with Gasteiger partial charge in [0.05, 0.1) is 5.60 Å². The predicted octanol–water partition coefficient (Wildman–Crippen LogP) is 2.33. The van der Waals surface area contributed by atoms with Gasteiger partial charge in [0.2, 0.25) is 1.43 Å². The zero-order chi connectivity index (χ0) is 17.1. The van der Waals surface area contributed by atoms with Gasteiger partial charge in [-0.1, -0.05) is 25.0 Å². The van der Waals surface area contributed by atoms with Gasteiger partial charge in [0.25, 0.3) is 1.43 Å². The number of hydrogen-bond donors (Lipinski definition) is 2. The Kier molecular flexibility index (Phi) is 2.40. The first kappa shape index (κ1) is 8.18. The predicted molar refractivity (Wildman–Crippen MR) is 72.5 cm³/mol. The molecule has 18 heavy (non-hydrogen) atoms. The molecule has 0 radical (unpaired) electrons. The van der Waals surface area contributed by atoms with Crippen LogP contribution < -0.4 is 0 Å². The molecule has 1 aromatic carbocycles. The van der Waals surface area contributed by atoms with Crippen LogP contribution in [0.3, 0.4) is 0 Å². The molecule has 0 saturated heterocycles. The standard InChI is InChI=1S/C15H23NO2/c1-16(2)11-13-6-3-4-9-15(13,18)12-7-5-8-14(17)10-12/h5,7-8,10,13,17-18H,3-4,6,9,11H2,1-2H3/t13-,15+/m0/s1/i1D3,18D/hD. The summed E-state index contributed by atoms with van der Waals surface area (Å²) >= 11 is 0. The van der Waals surface area contributed by atoms with Gasteiger partial charge in [0.1, 0.15) is 5.75 Å². The first-order valence-corrected chi connectivity index (χ1v) is 6.43. The lowest BCUT2D eigenvalue weighted by molar-refractivity contribution is -0.0619. The molecule has 0 aliphatic heterocycles. The number of aliphatic hydroxyl groups is 1. The third-order valence-electron chi connectivity index (χ3n) is 3.83. The maximum Gasteiger partial charge on any atom is 0.293 e. The van der Waals surface area contributed by atoms with Gasteiger partial charge >= 0.3 is 0 Å². The van der Waals surface area contributed by atoms with Crippen molar-refractivity contribution in [3.8, 4) is 5.75 Å². The highest BCUT2D eigenvalue weighted by Gasteiger charge is 2.40. The van der Waals surface area contributed by atoms with Gasteiger partial charge in [-0.05, 0) is 44.6 Å². The molecule has 1 saturated carbocycles. The maximum atomic E-state index is 7.69. The van der Waals surface area contributed by atoms with Gasteiger partial charge < -0.3 is 15.1 Å². The fourth-order valence-corrected chi connectivity index (χ4v) is 2.92. The number of nitrogens with zero attached hydrogens (tertiary/aromatic N) is 1. The molecule has 2 atom stereocenters. The summed E-state index contributed by atoms with van der Waals surface area (Å²) in [6.45, 7) is -1.85. The van der Waals surface area contributed by atoms with E-state index in [2.05, 4.69) is 5.11 Å². The summed E-state index contributed by atoms with van der Waals surface area (Å²) in [5.74, 6) is 0.271. The number of phenols is 1. The van der Waals surface area contributed by atoms with Crippen molar-refractivity contribution in [2.75, 3.05) is 20.6 Å². The average Bonchev–Trinajstić information content (AvgIpc) is 2.54. The summed E-state index contributed by atoms with van der Waals surface area (Å²) in [6.07, 6.45) is 3.35. The highest BCUT2D eigenvalue weighted by atomic mass is 16.3. The smallest absolute Gasteiger partial charge is 0.293 e. The van der Waals surface area contributed by atoms with Crippen LogP contribution in [0.4, 0.5) is 0 Å². The molecule has 0 bridgehead atoms. The lowest BCUT2D eigenvalue weighted by Gasteiger charge is -2.41. The molecule has 0 unspecified atom stereocenters. The van der Waals surface area contributed by atoms with Crippen molar-refractivity contribution in [2.45, 2.75) is 31.3 Å². The van der Waals surface area contributed by atoms with E-state index >= 15 is 0 Å². The number of hydrogen-bond acceptors (Lipinski definition) is 3. The normalized spacial score (nSPS) is 33.0. The van der Waals surface area contributed by atoms with Gasteiger partial charge in [0, 0.05) is 16.6 Å². The Bertz CT molecular complexity index is 525. The van der Waals surface area contributed by atoms with Crippen LogP contribution in [0.2, 0.25) is 0 Å². The highest BCUT2D eigenvalue weighted by molar-refractivity contribution is 5.32. The van der Waals surface area contributed by atoms with Gasteiger partial charge in [-0.2, -0.15) is 0 Å². The summed E-state index contributed by atoms with van der Waals surface area (Å²) in [6, 6.07) is 6.99. The lowest BCUT2D eigenvalue weighted by Crippen LogP contribution is -2.43. The molecular formula is C15H23NO2. The molecule has 0 amide bonds. The minimum absolute atomic E-state index is 0.111. The Hall–Kier alpha value is -1.06. The second-order valence-electron chi connectivity index (χ2n) is 5.24. The van der Waals surface area contributed by atoms with E-state index in [-0.39, 0.29) is 5.92 Å². The van der Waals surface area contributed by atoms with Crippen LogP contribution in [0.25, 0.3) is 0 Å². The molecule has 2 N–H and O–H groups in total. The number of aromatic hydroxyl groups is 1. The molecule has 1 aliphatic carbocycles. The van der Waals surface area contributed by atoms with Crippen molar-refractivity contribution in [1.29, 1.82) is 2.86 Å². The third-order valence-corrected chi connectivity index (χ3v) is 3.83. The van der Waals surface area contributed by atoms with Crippen LogP contribution in [-0.2, 0) is 5.60 Å². The summed E-state index contributed by atoms with van der Waals surface area (Å²) in [7, 11) is 1.57. The van der Waals surface area contributed by atoms with Crippen LogP contribution in [0, 0.1) is 5.92 Å². The molecule has 1 fully saturated rings. The summed E-state index contributed by atoms with van der Waals surface area (Å²) in [4.78, 5) is 1.33. The van der Waals surface area contributed by atoms with Crippen molar-refractivity contribution in [3.05, 3.63) is 29.8 Å². The molecular weight excluding hydrogens is 226 g/mol. The number of benzene rings is 1. The van der Waals surface area contributed by atoms with Gasteiger partial charge in [-0.15, -0.1) is 0 Å². The minimum atomic E-state index is -2.17. The molecule has 0 aromatic heterocycles. The van der Waals surface area contributed by atoms with E-state index in [0.29, 0.717) is 18.7 Å². The average molecular weight is 254 g/mol. The number of rotatable bonds is 5. The monoisotopic (exact) mass is 254 g/mol. The maximum absolute atomic E-state index is 7.69. The van der Waals surface area contributed by atoms with E-state index in [4.69, 9.17) is 12.1 Å². The van der Waals surface area contributed by atoms with Crippen molar-refractivity contribution in [2.24, 2.45) is 5.92 Å². The van der Waals surface area contributed by atoms with Crippen molar-refractivity contribution < 1.29 is 14.3 Å². The van der Waals surface area contributed by atoms with Crippen LogP contribution in [0.5, 0.6) is 5.75 Å². The lowest BCUT2D eigenvalue weighted by atomic mass is 9.71. The number of phenolic OH excluding ortho intramolecular Hbond substituents is 1. The first-order valence-electron chi connectivity index (χ1n) is 8.74. The molecule has 3 heteroatoms. The second-order valence-corrected chi connectivity index (χ2v) is 5.24. The summed E-state index contributed by atoms with van der Waals surface area (Å²) in [5, 5.41) is 9.75. The van der Waals surface area contributed by atoms with Crippen LogP contribution in [0.15, 0.2) is 24.3 Å². The van der Waals surface area contributed by atoms with Crippen molar-refractivity contribution >= 4 is 0 Å². The minimum Gasteiger partial charge on any atom is -0.508 e. The molecule has 2 rings (SSSR count). The van der Waals surface area contributed by atoms with Crippen LogP contribution in [0.1, 0.15) is 35.4 Å². The third kappa shape index (κ3) is 2.68. The quantitative estimate of drug-likeness (QED) is 0.847. The second kappa shape index (κ2) is 5.29. The zero-order valence-corrected chi connectivity index (χ0v) is 10.7. The molecule has 1 aliphatic rings. The van der Waals surface area contributed by atoms with E-state index in [0.717, 1.165) is 24.8 Å². The van der Waals surface area contributed by atoms with Crippen LogP contribution in [-0.4, -0.2) is 38.5 Å². The highest BCUT2D eigenvalue weighted by Crippen LogP contribution is 2.42. The fraction of sp³-hybridized carbons (Fsp3) is 0.600. The summed E-state index contributed by atoms with van der Waals surface area (Å²) in [5.41, 5.74) is -0.104. The van der Waals surface area contributed by atoms with E-state index < -0.39 is 12.6 Å². The van der Waals surface area contributed by atoms with Crippen LogP contribution >= 0.6 is 0 Å². The topological polar surface area (TPSA) is 43.7 Å². The van der Waals surface area contributed by atoms with E-state index in [1.807, 2.05) is 6.07 Å².